The molecule has 0 unspecified atom stereocenters. The van der Waals surface area contributed by atoms with Crippen LogP contribution in [0.3, 0.4) is 0 Å². The number of halogens is 1. The first-order valence-electron chi connectivity index (χ1n) is 5.72. The molecule has 0 atom stereocenters. The lowest BCUT2D eigenvalue weighted by Gasteiger charge is -1.95. The van der Waals surface area contributed by atoms with Gasteiger partial charge in [-0.15, -0.1) is 21.5 Å². The van der Waals surface area contributed by atoms with E-state index in [1.54, 1.807) is 12.1 Å². The second-order valence-electron chi connectivity index (χ2n) is 4.11. The fourth-order valence-electron chi connectivity index (χ4n) is 1.39. The van der Waals surface area contributed by atoms with Crippen molar-refractivity contribution in [3.8, 4) is 0 Å². The Bertz CT molecular complexity index is 594. The molecule has 0 bridgehead atoms. The van der Waals surface area contributed by atoms with Crippen molar-refractivity contribution in [1.29, 1.82) is 0 Å². The van der Waals surface area contributed by atoms with Crippen molar-refractivity contribution in [2.75, 3.05) is 11.1 Å². The Kier molecular flexibility index (Phi) is 4.07. The molecule has 0 amide bonds. The van der Waals surface area contributed by atoms with E-state index in [1.807, 2.05) is 0 Å². The van der Waals surface area contributed by atoms with E-state index in [0.717, 1.165) is 9.47 Å². The third-order valence-electron chi connectivity index (χ3n) is 2.49. The predicted molar refractivity (Wildman–Crippen MR) is 80.9 cm³/mol. The molecule has 1 saturated carbocycles. The maximum atomic E-state index is 11.9. The smallest absolute Gasteiger partial charge is 0.206 e. The van der Waals surface area contributed by atoms with E-state index >= 15 is 0 Å². The zero-order chi connectivity index (χ0) is 13.2. The molecule has 0 spiro atoms. The van der Waals surface area contributed by atoms with Gasteiger partial charge in [-0.25, -0.2) is 0 Å². The first kappa shape index (κ1) is 13.4. The average molecular weight is 332 g/mol. The molecule has 100 valence electrons. The van der Waals surface area contributed by atoms with Crippen molar-refractivity contribution >= 4 is 57.0 Å². The van der Waals surface area contributed by atoms with Gasteiger partial charge in [0.05, 0.1) is 15.0 Å². The Hall–Kier alpha value is -0.630. The number of nitrogens with zero attached hydrogens (tertiary/aromatic N) is 2. The number of hydrogen-bond donors (Lipinski definition) is 1. The predicted octanol–water partition coefficient (Wildman–Crippen LogP) is 3.80. The molecule has 0 saturated heterocycles. The lowest BCUT2D eigenvalue weighted by Crippen LogP contribution is -1.99. The van der Waals surface area contributed by atoms with E-state index in [2.05, 4.69) is 15.5 Å². The topological polar surface area (TPSA) is 54.9 Å². The van der Waals surface area contributed by atoms with Crippen LogP contribution in [0.2, 0.25) is 4.34 Å². The minimum atomic E-state index is 0.0776. The third kappa shape index (κ3) is 3.68. The number of thioether (sulfide) groups is 1. The van der Waals surface area contributed by atoms with Crippen molar-refractivity contribution in [2.24, 2.45) is 0 Å². The molecular formula is C11H10ClN3OS3. The average Bonchev–Trinajstić information content (AvgIpc) is 2.91. The van der Waals surface area contributed by atoms with Gasteiger partial charge >= 0.3 is 0 Å². The second kappa shape index (κ2) is 5.78. The van der Waals surface area contributed by atoms with Crippen molar-refractivity contribution < 1.29 is 4.79 Å². The number of anilines is 1. The highest BCUT2D eigenvalue weighted by atomic mass is 35.5. The molecule has 0 aliphatic heterocycles. The number of ketones is 1. The van der Waals surface area contributed by atoms with Crippen molar-refractivity contribution in [2.45, 2.75) is 23.2 Å². The molecule has 2 aromatic rings. The summed E-state index contributed by atoms with van der Waals surface area (Å²) in [5.41, 5.74) is 0. The maximum absolute atomic E-state index is 11.9. The monoisotopic (exact) mass is 331 g/mol. The number of Topliss-reactive ketones (excluding diaryl/α,β-unsaturated/α-hetero) is 1. The largest absolute Gasteiger partial charge is 0.357 e. The number of thiophene rings is 1. The standard InChI is InChI=1S/C11H10ClN3OS3/c12-9-4-3-8(18-9)7(16)5-17-11-15-14-10(19-11)13-6-1-2-6/h3-4,6H,1-2,5H2,(H,13,14). The lowest BCUT2D eigenvalue weighted by molar-refractivity contribution is 0.102. The molecule has 1 aliphatic rings. The summed E-state index contributed by atoms with van der Waals surface area (Å²) >= 11 is 10.0. The van der Waals surface area contributed by atoms with Gasteiger partial charge in [0.25, 0.3) is 0 Å². The number of rotatable bonds is 6. The van der Waals surface area contributed by atoms with Gasteiger partial charge in [0.2, 0.25) is 5.13 Å². The number of carbonyl (C=O) groups is 1. The van der Waals surface area contributed by atoms with Crippen LogP contribution in [0, 0.1) is 0 Å². The van der Waals surface area contributed by atoms with Crippen molar-refractivity contribution in [3.63, 3.8) is 0 Å². The van der Waals surface area contributed by atoms with Crippen LogP contribution < -0.4 is 5.32 Å². The molecule has 8 heteroatoms. The van der Waals surface area contributed by atoms with Crippen LogP contribution >= 0.6 is 46.0 Å². The fourth-order valence-corrected chi connectivity index (χ4v) is 4.18. The molecule has 19 heavy (non-hydrogen) atoms. The van der Waals surface area contributed by atoms with Crippen LogP contribution in [0.4, 0.5) is 5.13 Å². The number of hydrogen-bond acceptors (Lipinski definition) is 7. The van der Waals surface area contributed by atoms with Gasteiger partial charge in [0.1, 0.15) is 0 Å². The molecule has 0 aromatic carbocycles. The van der Waals surface area contributed by atoms with E-state index in [9.17, 15) is 4.79 Å². The highest BCUT2D eigenvalue weighted by Gasteiger charge is 2.22. The summed E-state index contributed by atoms with van der Waals surface area (Å²) < 4.78 is 1.46. The zero-order valence-electron chi connectivity index (χ0n) is 9.76. The SMILES string of the molecule is O=C(CSc1nnc(NC2CC2)s1)c1ccc(Cl)s1. The first-order chi connectivity index (χ1) is 9.20. The van der Waals surface area contributed by atoms with Crippen molar-refractivity contribution in [3.05, 3.63) is 21.3 Å². The molecule has 1 N–H and O–H groups in total. The summed E-state index contributed by atoms with van der Waals surface area (Å²) in [6.45, 7) is 0. The normalized spacial score (nSPS) is 14.6. The van der Waals surface area contributed by atoms with Gasteiger partial charge < -0.3 is 5.32 Å². The van der Waals surface area contributed by atoms with Gasteiger partial charge in [0.15, 0.2) is 10.1 Å². The molecule has 1 fully saturated rings. The van der Waals surface area contributed by atoms with Gasteiger partial charge in [-0.05, 0) is 25.0 Å². The molecule has 2 aromatic heterocycles. The summed E-state index contributed by atoms with van der Waals surface area (Å²) in [5, 5.41) is 12.3. The molecule has 3 rings (SSSR count). The van der Waals surface area contributed by atoms with Crippen LogP contribution in [0.1, 0.15) is 22.5 Å². The molecule has 2 heterocycles. The summed E-state index contributed by atoms with van der Waals surface area (Å²) in [5.74, 6) is 0.448. The summed E-state index contributed by atoms with van der Waals surface area (Å²) in [6.07, 6.45) is 2.42. The van der Waals surface area contributed by atoms with Crippen LogP contribution in [-0.2, 0) is 0 Å². The van der Waals surface area contributed by atoms with E-state index in [-0.39, 0.29) is 5.78 Å². The quantitative estimate of drug-likeness (QED) is 0.644. The van der Waals surface area contributed by atoms with Crippen LogP contribution in [-0.4, -0.2) is 27.8 Å². The van der Waals surface area contributed by atoms with Crippen LogP contribution in [0.5, 0.6) is 0 Å². The lowest BCUT2D eigenvalue weighted by atomic mass is 10.4. The second-order valence-corrected chi connectivity index (χ2v) is 8.02. The zero-order valence-corrected chi connectivity index (χ0v) is 13.0. The van der Waals surface area contributed by atoms with Crippen LogP contribution in [0.25, 0.3) is 0 Å². The molecule has 0 radical (unpaired) electrons. The van der Waals surface area contributed by atoms with Gasteiger partial charge in [0, 0.05) is 6.04 Å². The van der Waals surface area contributed by atoms with Crippen LogP contribution in [0.15, 0.2) is 16.5 Å². The first-order valence-corrected chi connectivity index (χ1v) is 8.72. The number of aromatic nitrogens is 2. The third-order valence-corrected chi connectivity index (χ3v) is 5.75. The van der Waals surface area contributed by atoms with Crippen molar-refractivity contribution in [1.82, 2.24) is 10.2 Å². The summed E-state index contributed by atoms with van der Waals surface area (Å²) in [6, 6.07) is 4.07. The highest BCUT2D eigenvalue weighted by molar-refractivity contribution is 8.01. The van der Waals surface area contributed by atoms with E-state index in [0.29, 0.717) is 21.0 Å². The number of nitrogens with one attached hydrogen (secondary N) is 1. The minimum Gasteiger partial charge on any atom is -0.357 e. The Morgan fingerprint density at radius 2 is 2.26 bits per heavy atom. The Labute approximate surface area is 127 Å². The Morgan fingerprint density at radius 3 is 2.95 bits per heavy atom. The number of carbonyl (C=O) groups excluding carboxylic acids is 1. The van der Waals surface area contributed by atoms with Gasteiger partial charge in [-0.1, -0.05) is 34.7 Å². The highest BCUT2D eigenvalue weighted by Crippen LogP contribution is 2.31. The minimum absolute atomic E-state index is 0.0776. The van der Waals surface area contributed by atoms with Gasteiger partial charge in [-0.2, -0.15) is 0 Å². The van der Waals surface area contributed by atoms with E-state index in [1.165, 1.54) is 47.3 Å². The summed E-state index contributed by atoms with van der Waals surface area (Å²) in [7, 11) is 0. The molecule has 1 aliphatic carbocycles. The molecule has 4 nitrogen and oxygen atoms in total. The van der Waals surface area contributed by atoms with Gasteiger partial charge in [-0.3, -0.25) is 4.79 Å². The summed E-state index contributed by atoms with van der Waals surface area (Å²) in [4.78, 5) is 12.6. The maximum Gasteiger partial charge on any atom is 0.206 e. The Morgan fingerprint density at radius 1 is 1.42 bits per heavy atom. The van der Waals surface area contributed by atoms with E-state index in [4.69, 9.17) is 11.6 Å². The van der Waals surface area contributed by atoms with E-state index < -0.39 is 0 Å². The Balaban J connectivity index is 1.53. The fraction of sp³-hybridized carbons (Fsp3) is 0.364. The molecular weight excluding hydrogens is 322 g/mol.